The molecule has 0 bridgehead atoms. The highest BCUT2D eigenvalue weighted by Gasteiger charge is 2.38. The summed E-state index contributed by atoms with van der Waals surface area (Å²) in [6.45, 7) is 1.79. The molecule has 0 aromatic heterocycles. The van der Waals surface area contributed by atoms with Crippen molar-refractivity contribution >= 4 is 28.0 Å². The quantitative estimate of drug-likeness (QED) is 0.809. The van der Waals surface area contributed by atoms with Gasteiger partial charge in [-0.05, 0) is 37.1 Å². The molecule has 1 aromatic rings. The van der Waals surface area contributed by atoms with E-state index in [0.29, 0.717) is 24.9 Å². The maximum atomic E-state index is 12.2. The lowest BCUT2D eigenvalue weighted by molar-refractivity contribution is -0.128. The van der Waals surface area contributed by atoms with Gasteiger partial charge in [0.1, 0.15) is 0 Å². The Bertz CT molecular complexity index is 631. The zero-order valence-electron chi connectivity index (χ0n) is 11.8. The van der Waals surface area contributed by atoms with Gasteiger partial charge in [-0.25, -0.2) is 13.1 Å². The lowest BCUT2D eigenvalue weighted by Crippen LogP contribution is -2.40. The highest BCUT2D eigenvalue weighted by molar-refractivity contribution is 7.90. The van der Waals surface area contributed by atoms with E-state index >= 15 is 0 Å². The first-order chi connectivity index (χ1) is 9.87. The maximum absolute atomic E-state index is 12.2. The Hall–Kier alpha value is -1.89. The summed E-state index contributed by atoms with van der Waals surface area (Å²) in [7, 11) is -3.88. The van der Waals surface area contributed by atoms with Gasteiger partial charge in [0.05, 0.1) is 4.90 Å². The van der Waals surface area contributed by atoms with Crippen molar-refractivity contribution in [1.82, 2.24) is 4.72 Å². The normalized spacial score (nSPS) is 17.2. The van der Waals surface area contributed by atoms with E-state index in [1.54, 1.807) is 6.92 Å². The van der Waals surface area contributed by atoms with Gasteiger partial charge in [-0.2, -0.15) is 0 Å². The average Bonchev–Trinajstić information content (AvgIpc) is 2.88. The monoisotopic (exact) mass is 310 g/mol. The number of nitrogens with one attached hydrogen (secondary N) is 2. The predicted molar refractivity (Wildman–Crippen MR) is 78.0 cm³/mol. The molecule has 0 radical (unpaired) electrons. The van der Waals surface area contributed by atoms with Gasteiger partial charge in [-0.15, -0.1) is 0 Å². The molecule has 0 unspecified atom stereocenters. The van der Waals surface area contributed by atoms with Gasteiger partial charge in [-0.3, -0.25) is 9.59 Å². The topological polar surface area (TPSA) is 92.3 Å². The SMILES string of the molecule is CC1(C(=O)NS(=O)(=O)c2ccc(NC=O)cc2)CCCC1. The molecule has 0 atom stereocenters. The number of benzene rings is 1. The van der Waals surface area contributed by atoms with E-state index in [1.807, 2.05) is 0 Å². The standard InChI is InChI=1S/C14H18N2O4S/c1-14(8-2-3-9-14)13(18)16-21(19,20)12-6-4-11(5-7-12)15-10-17/h4-7,10H,2-3,8-9H2,1H3,(H,15,17)(H,16,18). The van der Waals surface area contributed by atoms with Crippen molar-refractivity contribution in [1.29, 1.82) is 0 Å². The summed E-state index contributed by atoms with van der Waals surface area (Å²) in [6, 6.07) is 5.62. The Labute approximate surface area is 124 Å². The highest BCUT2D eigenvalue weighted by Crippen LogP contribution is 2.37. The Kier molecular flexibility index (Phi) is 4.32. The fourth-order valence-corrected chi connectivity index (χ4v) is 3.59. The fourth-order valence-electron chi connectivity index (χ4n) is 2.48. The molecule has 114 valence electrons. The van der Waals surface area contributed by atoms with Crippen LogP contribution in [-0.4, -0.2) is 20.7 Å². The molecule has 1 fully saturated rings. The number of sulfonamides is 1. The van der Waals surface area contributed by atoms with E-state index in [-0.39, 0.29) is 4.90 Å². The molecule has 1 saturated carbocycles. The number of carbonyl (C=O) groups is 2. The third-order valence-electron chi connectivity index (χ3n) is 3.87. The second-order valence-electron chi connectivity index (χ2n) is 5.49. The van der Waals surface area contributed by atoms with Gasteiger partial charge in [0.15, 0.2) is 0 Å². The van der Waals surface area contributed by atoms with Crippen molar-refractivity contribution in [2.75, 3.05) is 5.32 Å². The second-order valence-corrected chi connectivity index (χ2v) is 7.17. The summed E-state index contributed by atoms with van der Waals surface area (Å²) in [5.41, 5.74) is -0.121. The van der Waals surface area contributed by atoms with Gasteiger partial charge in [-0.1, -0.05) is 19.8 Å². The van der Waals surface area contributed by atoms with Crippen LogP contribution in [0, 0.1) is 5.41 Å². The average molecular weight is 310 g/mol. The minimum atomic E-state index is -3.88. The maximum Gasteiger partial charge on any atom is 0.264 e. The van der Waals surface area contributed by atoms with Crippen LogP contribution in [0.3, 0.4) is 0 Å². The summed E-state index contributed by atoms with van der Waals surface area (Å²) in [5.74, 6) is -0.449. The third-order valence-corrected chi connectivity index (χ3v) is 5.22. The Morgan fingerprint density at radius 3 is 2.29 bits per heavy atom. The molecule has 0 aliphatic heterocycles. The zero-order chi connectivity index (χ0) is 15.5. The minimum absolute atomic E-state index is 0.00565. The number of hydrogen-bond acceptors (Lipinski definition) is 4. The summed E-state index contributed by atoms with van der Waals surface area (Å²) in [6.07, 6.45) is 3.80. The van der Waals surface area contributed by atoms with Crippen LogP contribution in [-0.2, 0) is 19.6 Å². The summed E-state index contributed by atoms with van der Waals surface area (Å²) in [4.78, 5) is 22.5. The first kappa shape index (κ1) is 15.5. The lowest BCUT2D eigenvalue weighted by Gasteiger charge is -2.22. The number of carbonyl (C=O) groups excluding carboxylic acids is 2. The van der Waals surface area contributed by atoms with Crippen LogP contribution in [0.1, 0.15) is 32.6 Å². The molecule has 1 aliphatic carbocycles. The van der Waals surface area contributed by atoms with E-state index in [0.717, 1.165) is 12.8 Å². The Morgan fingerprint density at radius 1 is 1.19 bits per heavy atom. The minimum Gasteiger partial charge on any atom is -0.329 e. The van der Waals surface area contributed by atoms with Crippen molar-refractivity contribution < 1.29 is 18.0 Å². The number of rotatable bonds is 5. The van der Waals surface area contributed by atoms with Crippen molar-refractivity contribution in [3.8, 4) is 0 Å². The molecule has 2 N–H and O–H groups in total. The third kappa shape index (κ3) is 3.41. The lowest BCUT2D eigenvalue weighted by atomic mass is 9.88. The molecule has 7 heteroatoms. The van der Waals surface area contributed by atoms with E-state index in [4.69, 9.17) is 0 Å². The first-order valence-electron chi connectivity index (χ1n) is 6.75. The summed E-state index contributed by atoms with van der Waals surface area (Å²) < 4.78 is 26.5. The highest BCUT2D eigenvalue weighted by atomic mass is 32.2. The molecule has 0 heterocycles. The van der Waals surface area contributed by atoms with Gasteiger partial charge < -0.3 is 5.32 Å². The summed E-state index contributed by atoms with van der Waals surface area (Å²) in [5, 5.41) is 2.42. The second kappa shape index (κ2) is 5.85. The molecule has 2 amide bonds. The molecule has 0 spiro atoms. The summed E-state index contributed by atoms with van der Waals surface area (Å²) >= 11 is 0. The van der Waals surface area contributed by atoms with Crippen LogP contribution in [0.5, 0.6) is 0 Å². The molecule has 6 nitrogen and oxygen atoms in total. The smallest absolute Gasteiger partial charge is 0.264 e. The number of anilines is 1. The van der Waals surface area contributed by atoms with Crippen LogP contribution in [0.15, 0.2) is 29.2 Å². The largest absolute Gasteiger partial charge is 0.329 e. The van der Waals surface area contributed by atoms with Crippen molar-refractivity contribution in [2.45, 2.75) is 37.5 Å². The number of hydrogen-bond donors (Lipinski definition) is 2. The predicted octanol–water partition coefficient (Wildman–Crippen LogP) is 1.64. The molecular formula is C14H18N2O4S. The molecule has 2 rings (SSSR count). The van der Waals surface area contributed by atoms with Crippen LogP contribution in [0.2, 0.25) is 0 Å². The first-order valence-corrected chi connectivity index (χ1v) is 8.23. The van der Waals surface area contributed by atoms with Gasteiger partial charge >= 0.3 is 0 Å². The molecule has 0 saturated heterocycles. The van der Waals surface area contributed by atoms with Crippen LogP contribution in [0.25, 0.3) is 0 Å². The van der Waals surface area contributed by atoms with Crippen LogP contribution >= 0.6 is 0 Å². The van der Waals surface area contributed by atoms with Gasteiger partial charge in [0.2, 0.25) is 12.3 Å². The number of amides is 2. The molecular weight excluding hydrogens is 292 g/mol. The van der Waals surface area contributed by atoms with Gasteiger partial charge in [0, 0.05) is 11.1 Å². The molecule has 1 aromatic carbocycles. The fraction of sp³-hybridized carbons (Fsp3) is 0.429. The van der Waals surface area contributed by atoms with Crippen LogP contribution < -0.4 is 10.0 Å². The van der Waals surface area contributed by atoms with Crippen LogP contribution in [0.4, 0.5) is 5.69 Å². The molecule has 21 heavy (non-hydrogen) atoms. The van der Waals surface area contributed by atoms with E-state index < -0.39 is 21.3 Å². The van der Waals surface area contributed by atoms with Crippen molar-refractivity contribution in [2.24, 2.45) is 5.41 Å². The zero-order valence-corrected chi connectivity index (χ0v) is 12.6. The Morgan fingerprint density at radius 2 is 1.76 bits per heavy atom. The van der Waals surface area contributed by atoms with E-state index in [9.17, 15) is 18.0 Å². The van der Waals surface area contributed by atoms with E-state index in [1.165, 1.54) is 24.3 Å². The van der Waals surface area contributed by atoms with Gasteiger partial charge in [0.25, 0.3) is 10.0 Å². The van der Waals surface area contributed by atoms with Crippen molar-refractivity contribution in [3.63, 3.8) is 0 Å². The molecule has 1 aliphatic rings. The Balaban J connectivity index is 2.14. The van der Waals surface area contributed by atoms with E-state index in [2.05, 4.69) is 10.0 Å². The van der Waals surface area contributed by atoms with Crippen molar-refractivity contribution in [3.05, 3.63) is 24.3 Å².